The van der Waals surface area contributed by atoms with Crippen LogP contribution in [0.15, 0.2) is 40.9 Å². The van der Waals surface area contributed by atoms with Crippen molar-refractivity contribution in [2.24, 2.45) is 0 Å². The molecule has 4 nitrogen and oxygen atoms in total. The molecule has 0 saturated heterocycles. The van der Waals surface area contributed by atoms with Gasteiger partial charge in [-0.2, -0.15) is 0 Å². The first-order chi connectivity index (χ1) is 10.5. The van der Waals surface area contributed by atoms with Gasteiger partial charge in [-0.3, -0.25) is 0 Å². The van der Waals surface area contributed by atoms with Gasteiger partial charge in [-0.25, -0.2) is 4.79 Å². The molecule has 0 aliphatic rings. The van der Waals surface area contributed by atoms with Crippen molar-refractivity contribution in [2.45, 2.75) is 20.8 Å². The predicted octanol–water partition coefficient (Wildman–Crippen LogP) is 4.53. The van der Waals surface area contributed by atoms with Gasteiger partial charge in [0, 0.05) is 10.2 Å². The molecular formula is C17H19BrN2O2. The fourth-order valence-corrected chi connectivity index (χ4v) is 2.13. The molecule has 0 unspecified atom stereocenters. The molecule has 5 heteroatoms. The van der Waals surface area contributed by atoms with E-state index in [-0.39, 0.29) is 12.8 Å². The van der Waals surface area contributed by atoms with Gasteiger partial charge in [0.2, 0.25) is 0 Å². The largest absolute Gasteiger partial charge is 0.473 e. The number of benzene rings is 2. The third kappa shape index (κ3) is 4.49. The zero-order valence-electron chi connectivity index (χ0n) is 12.9. The lowest BCUT2D eigenvalue weighted by Crippen LogP contribution is -2.32. The molecule has 2 aromatic carbocycles. The molecule has 0 aromatic heterocycles. The van der Waals surface area contributed by atoms with Gasteiger partial charge in [0.1, 0.15) is 5.75 Å². The summed E-state index contributed by atoms with van der Waals surface area (Å²) >= 11 is 3.43. The molecule has 116 valence electrons. The third-order valence-electron chi connectivity index (χ3n) is 3.37. The monoisotopic (exact) mass is 362 g/mol. The Morgan fingerprint density at radius 3 is 2.50 bits per heavy atom. The molecule has 0 aliphatic carbocycles. The third-order valence-corrected chi connectivity index (χ3v) is 4.26. The van der Waals surface area contributed by atoms with E-state index in [2.05, 4.69) is 26.6 Å². The summed E-state index contributed by atoms with van der Waals surface area (Å²) in [5.74, 6) is 0.739. The van der Waals surface area contributed by atoms with Gasteiger partial charge >= 0.3 is 6.03 Å². The molecule has 2 aromatic rings. The number of carbonyl (C=O) groups is 1. The second-order valence-electron chi connectivity index (χ2n) is 5.13. The molecule has 0 atom stereocenters. The number of halogens is 1. The molecule has 2 N–H and O–H groups in total. The standard InChI is InChI=1S/C17H19BrN2O2/c1-11-4-6-15(9-12(11)2)22-10-19-17(21)20-14-5-7-16(18)13(3)8-14/h4-9H,10H2,1-3H3,(H2,19,20,21). The molecule has 0 saturated carbocycles. The van der Waals surface area contributed by atoms with Crippen LogP contribution in [0.1, 0.15) is 16.7 Å². The highest BCUT2D eigenvalue weighted by molar-refractivity contribution is 9.10. The minimum atomic E-state index is -0.300. The molecule has 0 bridgehead atoms. The van der Waals surface area contributed by atoms with Crippen molar-refractivity contribution < 1.29 is 9.53 Å². The van der Waals surface area contributed by atoms with E-state index in [1.807, 2.05) is 57.2 Å². The zero-order valence-corrected chi connectivity index (χ0v) is 14.5. The number of amides is 2. The van der Waals surface area contributed by atoms with Gasteiger partial charge in [-0.05, 0) is 67.8 Å². The van der Waals surface area contributed by atoms with Gasteiger partial charge in [0.25, 0.3) is 0 Å². The van der Waals surface area contributed by atoms with E-state index in [1.165, 1.54) is 5.56 Å². The van der Waals surface area contributed by atoms with Crippen molar-refractivity contribution in [3.63, 3.8) is 0 Å². The van der Waals surface area contributed by atoms with Crippen LogP contribution in [-0.4, -0.2) is 12.8 Å². The van der Waals surface area contributed by atoms with Crippen molar-refractivity contribution in [3.05, 3.63) is 57.6 Å². The maximum atomic E-state index is 11.8. The Morgan fingerprint density at radius 1 is 1.05 bits per heavy atom. The number of aryl methyl sites for hydroxylation is 3. The molecule has 0 heterocycles. The number of ether oxygens (including phenoxy) is 1. The van der Waals surface area contributed by atoms with E-state index in [0.717, 1.165) is 27.0 Å². The fraction of sp³-hybridized carbons (Fsp3) is 0.235. The van der Waals surface area contributed by atoms with E-state index in [1.54, 1.807) is 0 Å². The summed E-state index contributed by atoms with van der Waals surface area (Å²) < 4.78 is 6.52. The summed E-state index contributed by atoms with van der Waals surface area (Å²) in [7, 11) is 0. The van der Waals surface area contributed by atoms with E-state index in [9.17, 15) is 4.79 Å². The SMILES string of the molecule is Cc1ccc(OCNC(=O)Nc2ccc(Br)c(C)c2)cc1C. The number of nitrogens with one attached hydrogen (secondary N) is 2. The predicted molar refractivity (Wildman–Crippen MR) is 92.4 cm³/mol. The molecule has 0 spiro atoms. The van der Waals surface area contributed by atoms with Crippen LogP contribution < -0.4 is 15.4 Å². The summed E-state index contributed by atoms with van der Waals surface area (Å²) in [6.07, 6.45) is 0. The quantitative estimate of drug-likeness (QED) is 0.784. The van der Waals surface area contributed by atoms with Crippen LogP contribution in [0.4, 0.5) is 10.5 Å². The Bertz CT molecular complexity index is 686. The highest BCUT2D eigenvalue weighted by Crippen LogP contribution is 2.20. The van der Waals surface area contributed by atoms with Crippen LogP contribution in [0.2, 0.25) is 0 Å². The van der Waals surface area contributed by atoms with Gasteiger partial charge in [0.15, 0.2) is 6.73 Å². The smallest absolute Gasteiger partial charge is 0.321 e. The second kappa shape index (κ2) is 7.31. The maximum absolute atomic E-state index is 11.8. The Hall–Kier alpha value is -2.01. The number of carbonyl (C=O) groups excluding carboxylic acids is 1. The van der Waals surface area contributed by atoms with Crippen LogP contribution in [0.25, 0.3) is 0 Å². The van der Waals surface area contributed by atoms with E-state index < -0.39 is 0 Å². The lowest BCUT2D eigenvalue weighted by Gasteiger charge is -2.11. The van der Waals surface area contributed by atoms with Crippen molar-refractivity contribution >= 4 is 27.6 Å². The van der Waals surface area contributed by atoms with Crippen molar-refractivity contribution in [2.75, 3.05) is 12.0 Å². The van der Waals surface area contributed by atoms with Crippen LogP contribution in [-0.2, 0) is 0 Å². The van der Waals surface area contributed by atoms with Crippen LogP contribution in [0.3, 0.4) is 0 Å². The number of anilines is 1. The highest BCUT2D eigenvalue weighted by atomic mass is 79.9. The maximum Gasteiger partial charge on any atom is 0.321 e. The van der Waals surface area contributed by atoms with E-state index in [4.69, 9.17) is 4.74 Å². The normalized spacial score (nSPS) is 10.2. The average molecular weight is 363 g/mol. The Balaban J connectivity index is 1.82. The number of rotatable bonds is 4. The summed E-state index contributed by atoms with van der Waals surface area (Å²) in [4.78, 5) is 11.8. The number of urea groups is 1. The summed E-state index contributed by atoms with van der Waals surface area (Å²) in [6, 6.07) is 11.2. The lowest BCUT2D eigenvalue weighted by molar-refractivity contribution is 0.234. The van der Waals surface area contributed by atoms with Crippen molar-refractivity contribution in [1.29, 1.82) is 0 Å². The zero-order chi connectivity index (χ0) is 16.1. The second-order valence-corrected chi connectivity index (χ2v) is 5.98. The fourth-order valence-electron chi connectivity index (χ4n) is 1.89. The first-order valence-corrected chi connectivity index (χ1v) is 7.76. The lowest BCUT2D eigenvalue weighted by atomic mass is 10.1. The summed E-state index contributed by atoms with van der Waals surface area (Å²) in [6.45, 7) is 6.16. The van der Waals surface area contributed by atoms with Gasteiger partial charge in [-0.1, -0.05) is 22.0 Å². The van der Waals surface area contributed by atoms with E-state index >= 15 is 0 Å². The van der Waals surface area contributed by atoms with Crippen LogP contribution in [0, 0.1) is 20.8 Å². The number of hydrogen-bond donors (Lipinski definition) is 2. The molecule has 0 radical (unpaired) electrons. The van der Waals surface area contributed by atoms with Gasteiger partial charge in [-0.15, -0.1) is 0 Å². The summed E-state index contributed by atoms with van der Waals surface area (Å²) in [5, 5.41) is 5.43. The number of hydrogen-bond acceptors (Lipinski definition) is 2. The van der Waals surface area contributed by atoms with Gasteiger partial charge in [0.05, 0.1) is 0 Å². The Labute approximate surface area is 139 Å². The molecule has 2 rings (SSSR count). The average Bonchev–Trinajstić information content (AvgIpc) is 2.47. The molecular weight excluding hydrogens is 344 g/mol. The Morgan fingerprint density at radius 2 is 1.82 bits per heavy atom. The van der Waals surface area contributed by atoms with Crippen molar-refractivity contribution in [1.82, 2.24) is 5.32 Å². The minimum Gasteiger partial charge on any atom is -0.473 e. The summed E-state index contributed by atoms with van der Waals surface area (Å²) in [5.41, 5.74) is 4.17. The van der Waals surface area contributed by atoms with Crippen molar-refractivity contribution in [3.8, 4) is 5.75 Å². The first-order valence-electron chi connectivity index (χ1n) is 6.97. The highest BCUT2D eigenvalue weighted by Gasteiger charge is 2.03. The minimum absolute atomic E-state index is 0.115. The first kappa shape index (κ1) is 16.4. The van der Waals surface area contributed by atoms with Gasteiger partial charge < -0.3 is 15.4 Å². The molecule has 2 amide bonds. The molecule has 22 heavy (non-hydrogen) atoms. The topological polar surface area (TPSA) is 50.4 Å². The van der Waals surface area contributed by atoms with Crippen LogP contribution in [0.5, 0.6) is 5.75 Å². The van der Waals surface area contributed by atoms with E-state index in [0.29, 0.717) is 0 Å². The van der Waals surface area contributed by atoms with Crippen LogP contribution >= 0.6 is 15.9 Å². The molecule has 0 fully saturated rings. The molecule has 0 aliphatic heterocycles. The Kier molecular flexibility index (Phi) is 5.44.